The molecule has 2 aliphatic heterocycles. The third kappa shape index (κ3) is 10.0. The number of hydrogen-bond donors (Lipinski definition) is 6. The number of aliphatic hydroxyl groups is 1. The summed E-state index contributed by atoms with van der Waals surface area (Å²) in [4.78, 5) is 72.8. The molecule has 2 aromatic rings. The summed E-state index contributed by atoms with van der Waals surface area (Å²) in [5.41, 5.74) is 1.62. The first-order valence-corrected chi connectivity index (χ1v) is 17.1. The number of aromatic amines is 1. The van der Waals surface area contributed by atoms with Gasteiger partial charge in [-0.1, -0.05) is 38.6 Å². The highest BCUT2D eigenvalue weighted by atomic mass is 16.5. The maximum Gasteiger partial charge on any atom is 0.245 e. The van der Waals surface area contributed by atoms with Crippen LogP contribution in [0.2, 0.25) is 0 Å². The normalized spacial score (nSPS) is 24.4. The van der Waals surface area contributed by atoms with Gasteiger partial charge in [-0.25, -0.2) is 0 Å². The van der Waals surface area contributed by atoms with Gasteiger partial charge in [-0.05, 0) is 36.8 Å². The van der Waals surface area contributed by atoms with Crippen molar-refractivity contribution in [2.45, 2.75) is 70.1 Å². The summed E-state index contributed by atoms with van der Waals surface area (Å²) in [5.74, 6) is -3.69. The van der Waals surface area contributed by atoms with Crippen LogP contribution < -0.4 is 21.3 Å². The van der Waals surface area contributed by atoms with Crippen molar-refractivity contribution in [1.82, 2.24) is 31.2 Å². The second kappa shape index (κ2) is 16.8. The Balaban J connectivity index is 1.62. The van der Waals surface area contributed by atoms with Crippen molar-refractivity contribution in [3.05, 3.63) is 48.4 Å². The number of quaternary nitrogens is 1. The topological polar surface area (TPSA) is 182 Å². The average molecular weight is 683 g/mol. The summed E-state index contributed by atoms with van der Waals surface area (Å²) in [7, 11) is 3.69. The highest BCUT2D eigenvalue weighted by Crippen LogP contribution is 2.21. The number of unbranched alkanes of at least 4 members (excludes halogenated alkanes) is 1. The van der Waals surface area contributed by atoms with Gasteiger partial charge in [0, 0.05) is 37.0 Å². The van der Waals surface area contributed by atoms with Crippen LogP contribution in [0.4, 0.5) is 0 Å². The number of H-pyrrole nitrogens is 1. The Morgan fingerprint density at radius 1 is 0.980 bits per heavy atom. The minimum absolute atomic E-state index is 0.0817. The number of aromatic nitrogens is 1. The molecule has 2 fully saturated rings. The van der Waals surface area contributed by atoms with Crippen molar-refractivity contribution in [2.24, 2.45) is 5.92 Å². The number of amides is 5. The second-order valence-corrected chi connectivity index (χ2v) is 13.8. The minimum atomic E-state index is -1.28. The first kappa shape index (κ1) is 37.4. The zero-order valence-electron chi connectivity index (χ0n) is 29.0. The van der Waals surface area contributed by atoms with Gasteiger partial charge in [-0.3, -0.25) is 24.0 Å². The molecule has 3 heterocycles. The van der Waals surface area contributed by atoms with E-state index in [-0.39, 0.29) is 24.5 Å². The van der Waals surface area contributed by atoms with Gasteiger partial charge in [-0.15, -0.1) is 0 Å². The number of para-hydroxylation sites is 1. The first-order valence-electron chi connectivity index (χ1n) is 17.1. The predicted octanol–water partition coefficient (Wildman–Crippen LogP) is 0.887. The predicted molar refractivity (Wildman–Crippen MR) is 184 cm³/mol. The lowest BCUT2D eigenvalue weighted by atomic mass is 9.98. The highest BCUT2D eigenvalue weighted by Gasteiger charge is 2.37. The number of ether oxygens (including phenoxy) is 1. The zero-order valence-corrected chi connectivity index (χ0v) is 29.0. The fraction of sp³-hybridized carbons (Fsp3) is 0.571. The molecule has 0 radical (unpaired) electrons. The molecule has 4 rings (SSSR count). The number of rotatable bonds is 10. The van der Waals surface area contributed by atoms with Crippen molar-refractivity contribution in [3.63, 3.8) is 0 Å². The van der Waals surface area contributed by atoms with Crippen LogP contribution in [0, 0.1) is 5.92 Å². The maximum absolute atomic E-state index is 14.3. The number of hydrogen-bond acceptors (Lipinski definition) is 7. The molecule has 0 bridgehead atoms. The lowest BCUT2D eigenvalue weighted by molar-refractivity contribution is -0.917. The quantitative estimate of drug-likeness (QED) is 0.122. The van der Waals surface area contributed by atoms with Crippen LogP contribution in [0.25, 0.3) is 10.9 Å². The molecule has 268 valence electrons. The molecule has 2 saturated heterocycles. The molecule has 0 unspecified atom stereocenters. The van der Waals surface area contributed by atoms with Gasteiger partial charge in [0.2, 0.25) is 29.5 Å². The standard InChI is InChI=1S/C35H51N7O7/c1-22(2)31-34(47)39-27(12-8-9-13-42(5)14-16-49-17-15-42)32(45)37-21-30(44)38-28(18-23(3)43)33(46)40-29(35(48)41(31)4)19-24-20-36-26-11-7-6-10-25(24)26/h6-7,10-11,20,22,27-29,31,36H,3,8-9,12-19,21H2,1-2,4-5H3,(H4-,37,38,39,40,43,44,45,46,47)/p+1/t27-,28-,29+,31-/m0/s1. The number of morpholine rings is 1. The van der Waals surface area contributed by atoms with Crippen molar-refractivity contribution < 1.29 is 38.3 Å². The van der Waals surface area contributed by atoms with E-state index in [1.807, 2.05) is 38.1 Å². The van der Waals surface area contributed by atoms with Gasteiger partial charge < -0.3 is 45.5 Å². The van der Waals surface area contributed by atoms with Crippen LogP contribution in [0.1, 0.15) is 45.1 Å². The molecule has 49 heavy (non-hydrogen) atoms. The van der Waals surface area contributed by atoms with E-state index < -0.39 is 60.2 Å². The molecule has 0 saturated carbocycles. The van der Waals surface area contributed by atoms with Crippen molar-refractivity contribution in [1.29, 1.82) is 0 Å². The van der Waals surface area contributed by atoms with Gasteiger partial charge in [-0.2, -0.15) is 0 Å². The number of carbonyl (C=O) groups is 5. The van der Waals surface area contributed by atoms with Crippen LogP contribution in [0.15, 0.2) is 42.8 Å². The third-order valence-corrected chi connectivity index (χ3v) is 9.52. The lowest BCUT2D eigenvalue weighted by Gasteiger charge is -2.37. The zero-order chi connectivity index (χ0) is 35.7. The van der Waals surface area contributed by atoms with E-state index in [1.54, 1.807) is 6.20 Å². The summed E-state index contributed by atoms with van der Waals surface area (Å²) >= 11 is 0. The number of benzene rings is 1. The molecule has 4 atom stereocenters. The Hall–Kier alpha value is -4.43. The SMILES string of the molecule is C=C(O)C[C@@H]1NC(=O)CNC(=O)[C@H](CCCC[N+]2(C)CCOCC2)NC(=O)[C@H](C(C)C)N(C)C(=O)[C@@H](Cc2c[nH]c3ccccc23)NC1=O. The number of likely N-dealkylation sites (N-methyl/N-ethyl adjacent to an activating group) is 2. The smallest absolute Gasteiger partial charge is 0.245 e. The van der Waals surface area contributed by atoms with Crippen LogP contribution in [0.3, 0.4) is 0 Å². The van der Waals surface area contributed by atoms with E-state index in [0.29, 0.717) is 26.1 Å². The molecule has 14 nitrogen and oxygen atoms in total. The van der Waals surface area contributed by atoms with Crippen LogP contribution in [-0.2, 0) is 35.1 Å². The minimum Gasteiger partial charge on any atom is -0.513 e. The van der Waals surface area contributed by atoms with E-state index in [1.165, 1.54) is 11.9 Å². The first-order chi connectivity index (χ1) is 23.3. The second-order valence-electron chi connectivity index (χ2n) is 13.8. The van der Waals surface area contributed by atoms with Gasteiger partial charge in [0.05, 0.1) is 39.1 Å². The van der Waals surface area contributed by atoms with Gasteiger partial charge in [0.25, 0.3) is 0 Å². The van der Waals surface area contributed by atoms with E-state index in [9.17, 15) is 29.1 Å². The molecular weight excluding hydrogens is 630 g/mol. The van der Waals surface area contributed by atoms with Crippen molar-refractivity contribution in [2.75, 3.05) is 53.5 Å². The summed E-state index contributed by atoms with van der Waals surface area (Å²) in [6, 6.07) is 3.21. The van der Waals surface area contributed by atoms with Crippen LogP contribution in [0.5, 0.6) is 0 Å². The number of carbonyl (C=O) groups excluding carboxylic acids is 5. The third-order valence-electron chi connectivity index (χ3n) is 9.52. The number of nitrogens with one attached hydrogen (secondary N) is 5. The Bertz CT molecular complexity index is 1520. The monoisotopic (exact) mass is 682 g/mol. The van der Waals surface area contributed by atoms with Crippen molar-refractivity contribution in [3.8, 4) is 0 Å². The molecule has 0 aliphatic carbocycles. The van der Waals surface area contributed by atoms with Crippen molar-refractivity contribution >= 4 is 40.4 Å². The van der Waals surface area contributed by atoms with E-state index in [0.717, 1.165) is 47.0 Å². The van der Waals surface area contributed by atoms with Crippen LogP contribution >= 0.6 is 0 Å². The summed E-state index contributed by atoms with van der Waals surface area (Å²) in [6.45, 7) is 10.8. The number of nitrogens with zero attached hydrogens (tertiary/aromatic N) is 2. The molecule has 2 aliphatic rings. The number of fused-ring (bicyclic) bond motifs is 1. The summed E-state index contributed by atoms with van der Waals surface area (Å²) in [5, 5.41) is 21.6. The van der Waals surface area contributed by atoms with Crippen LogP contribution in [-0.4, -0.2) is 127 Å². The maximum atomic E-state index is 14.3. The molecule has 1 aromatic heterocycles. The molecule has 1 aromatic carbocycles. The molecule has 0 spiro atoms. The lowest BCUT2D eigenvalue weighted by Crippen LogP contribution is -2.59. The Morgan fingerprint density at radius 2 is 1.67 bits per heavy atom. The summed E-state index contributed by atoms with van der Waals surface area (Å²) < 4.78 is 6.38. The Labute approximate surface area is 287 Å². The van der Waals surface area contributed by atoms with Gasteiger partial charge in [0.15, 0.2) is 0 Å². The summed E-state index contributed by atoms with van der Waals surface area (Å²) in [6.07, 6.45) is 3.33. The van der Waals surface area contributed by atoms with E-state index >= 15 is 0 Å². The fourth-order valence-corrected chi connectivity index (χ4v) is 6.66. The molecular formula is C35H52N7O7+. The largest absolute Gasteiger partial charge is 0.513 e. The molecule has 14 heteroatoms. The van der Waals surface area contributed by atoms with E-state index in [2.05, 4.69) is 39.9 Å². The fourth-order valence-electron chi connectivity index (χ4n) is 6.66. The Kier molecular flexibility index (Phi) is 12.8. The van der Waals surface area contributed by atoms with E-state index in [4.69, 9.17) is 4.74 Å². The average Bonchev–Trinajstić information content (AvgIpc) is 3.46. The van der Waals surface area contributed by atoms with Gasteiger partial charge >= 0.3 is 0 Å². The highest BCUT2D eigenvalue weighted by molar-refractivity contribution is 5.97. The Morgan fingerprint density at radius 3 is 2.37 bits per heavy atom. The molecule has 5 amide bonds. The number of aliphatic hydroxyl groups excluding tert-OH is 1. The van der Waals surface area contributed by atoms with Gasteiger partial charge in [0.1, 0.15) is 37.3 Å². The molecule has 6 N–H and O–H groups in total.